The number of aromatic nitrogens is 1. The summed E-state index contributed by atoms with van der Waals surface area (Å²) in [6, 6.07) is 12.6. The number of ether oxygens (including phenoxy) is 1. The highest BCUT2D eigenvalue weighted by molar-refractivity contribution is 6.29. The first-order chi connectivity index (χ1) is 12.2. The summed E-state index contributed by atoms with van der Waals surface area (Å²) in [7, 11) is 0. The van der Waals surface area contributed by atoms with Gasteiger partial charge in [0.25, 0.3) is 5.91 Å². The first-order valence-corrected chi connectivity index (χ1v) is 8.99. The number of carbonyl (C=O) groups is 1. The smallest absolute Gasteiger partial charge is 0.251 e. The van der Waals surface area contributed by atoms with Crippen LogP contribution < -0.4 is 10.1 Å². The lowest BCUT2D eigenvalue weighted by atomic mass is 9.84. The minimum absolute atomic E-state index is 0.0221. The van der Waals surface area contributed by atoms with Crippen LogP contribution in [0.2, 0.25) is 5.15 Å². The highest BCUT2D eigenvalue weighted by Crippen LogP contribution is 2.28. The molecule has 6 heteroatoms. The van der Waals surface area contributed by atoms with E-state index in [1.165, 1.54) is 25.9 Å². The van der Waals surface area contributed by atoms with Gasteiger partial charge in [0.15, 0.2) is 0 Å². The number of carbonyl (C=O) groups excluding carboxylic acids is 1. The summed E-state index contributed by atoms with van der Waals surface area (Å²) in [5, 5.41) is 3.57. The van der Waals surface area contributed by atoms with E-state index >= 15 is 0 Å². The lowest BCUT2D eigenvalue weighted by Crippen LogP contribution is -2.57. The quantitative estimate of drug-likeness (QED) is 0.852. The fraction of sp³-hybridized carbons (Fsp3) is 0.368. The molecule has 130 valence electrons. The summed E-state index contributed by atoms with van der Waals surface area (Å²) in [6.07, 6.45) is 2.37. The molecule has 0 saturated carbocycles. The van der Waals surface area contributed by atoms with E-state index in [9.17, 15) is 4.79 Å². The summed E-state index contributed by atoms with van der Waals surface area (Å²) in [5.74, 6) is 1.64. The van der Waals surface area contributed by atoms with Crippen LogP contribution in [0.4, 0.5) is 0 Å². The maximum atomic E-state index is 12.5. The summed E-state index contributed by atoms with van der Waals surface area (Å²) in [4.78, 5) is 19.0. The van der Waals surface area contributed by atoms with E-state index in [-0.39, 0.29) is 11.9 Å². The van der Waals surface area contributed by atoms with E-state index in [0.29, 0.717) is 28.3 Å². The third-order valence-corrected chi connectivity index (χ3v) is 5.21. The van der Waals surface area contributed by atoms with Gasteiger partial charge in [-0.3, -0.25) is 4.79 Å². The number of amides is 1. The van der Waals surface area contributed by atoms with Gasteiger partial charge in [-0.15, -0.1) is 0 Å². The van der Waals surface area contributed by atoms with Crippen LogP contribution in [-0.4, -0.2) is 41.5 Å². The van der Waals surface area contributed by atoms with Gasteiger partial charge < -0.3 is 15.0 Å². The Hall–Kier alpha value is -2.11. The van der Waals surface area contributed by atoms with E-state index in [1.807, 2.05) is 0 Å². The molecular formula is C19H20ClN3O2. The van der Waals surface area contributed by atoms with Crippen molar-refractivity contribution in [3.63, 3.8) is 0 Å². The Kier molecular flexibility index (Phi) is 4.59. The molecule has 3 aliphatic rings. The molecule has 1 amide bonds. The topological polar surface area (TPSA) is 54.5 Å². The molecule has 1 aromatic heterocycles. The van der Waals surface area contributed by atoms with Crippen LogP contribution >= 0.6 is 11.6 Å². The van der Waals surface area contributed by atoms with E-state index in [2.05, 4.69) is 15.2 Å². The molecule has 25 heavy (non-hydrogen) atoms. The maximum Gasteiger partial charge on any atom is 0.251 e. The number of piperidine rings is 3. The first kappa shape index (κ1) is 16.4. The summed E-state index contributed by atoms with van der Waals surface area (Å²) >= 11 is 5.85. The maximum absolute atomic E-state index is 12.5. The van der Waals surface area contributed by atoms with Crippen molar-refractivity contribution in [3.05, 3.63) is 53.2 Å². The molecule has 1 atom stereocenters. The van der Waals surface area contributed by atoms with Gasteiger partial charge in [0.1, 0.15) is 10.9 Å². The van der Waals surface area contributed by atoms with Gasteiger partial charge in [-0.05, 0) is 62.2 Å². The zero-order valence-corrected chi connectivity index (χ0v) is 14.6. The Bertz CT molecular complexity index is 758. The van der Waals surface area contributed by atoms with Crippen LogP contribution in [0.25, 0.3) is 0 Å². The molecule has 3 fully saturated rings. The Morgan fingerprint density at radius 2 is 1.92 bits per heavy atom. The molecule has 2 aromatic rings. The van der Waals surface area contributed by atoms with E-state index in [0.717, 1.165) is 6.54 Å². The summed E-state index contributed by atoms with van der Waals surface area (Å²) < 4.78 is 5.65. The average Bonchev–Trinajstić information content (AvgIpc) is 2.63. The lowest BCUT2D eigenvalue weighted by molar-refractivity contribution is 0.0620. The Labute approximate surface area is 152 Å². The van der Waals surface area contributed by atoms with Crippen LogP contribution in [0.5, 0.6) is 11.6 Å². The minimum atomic E-state index is -0.0221. The third kappa shape index (κ3) is 3.78. The van der Waals surface area contributed by atoms with Crippen molar-refractivity contribution in [2.45, 2.75) is 18.9 Å². The molecular weight excluding hydrogens is 338 g/mol. The summed E-state index contributed by atoms with van der Waals surface area (Å²) in [5.41, 5.74) is 0.642. The molecule has 2 bridgehead atoms. The Balaban J connectivity index is 1.39. The number of fused-ring (bicyclic) bond motifs is 3. The number of hydrogen-bond donors (Lipinski definition) is 1. The van der Waals surface area contributed by atoms with Crippen LogP contribution in [0.3, 0.4) is 0 Å². The molecule has 0 spiro atoms. The molecule has 4 heterocycles. The minimum Gasteiger partial charge on any atom is -0.439 e. The lowest BCUT2D eigenvalue weighted by Gasteiger charge is -2.44. The predicted octanol–water partition coefficient (Wildman–Crippen LogP) is 3.35. The molecule has 0 radical (unpaired) electrons. The highest BCUT2D eigenvalue weighted by atomic mass is 35.5. The first-order valence-electron chi connectivity index (χ1n) is 8.61. The van der Waals surface area contributed by atoms with Gasteiger partial charge in [-0.1, -0.05) is 17.7 Å². The number of benzene rings is 1. The average molecular weight is 358 g/mol. The van der Waals surface area contributed by atoms with Crippen molar-refractivity contribution >= 4 is 17.5 Å². The molecule has 1 aromatic carbocycles. The number of rotatable bonds is 4. The third-order valence-electron chi connectivity index (χ3n) is 5.00. The number of pyridine rings is 1. The molecule has 0 aliphatic carbocycles. The number of hydrogen-bond acceptors (Lipinski definition) is 4. The fourth-order valence-electron chi connectivity index (χ4n) is 3.62. The highest BCUT2D eigenvalue weighted by Gasteiger charge is 2.34. The SMILES string of the molecule is O=C(NC1CN2CCC1CC2)c1ccc(Oc2cccc(Cl)n2)cc1. The van der Waals surface area contributed by atoms with Gasteiger partial charge in [0, 0.05) is 24.2 Å². The Morgan fingerprint density at radius 1 is 1.16 bits per heavy atom. The van der Waals surface area contributed by atoms with Gasteiger partial charge in [0.05, 0.1) is 0 Å². The molecule has 1 N–H and O–H groups in total. The van der Waals surface area contributed by atoms with Crippen molar-refractivity contribution < 1.29 is 9.53 Å². The molecule has 3 saturated heterocycles. The number of nitrogens with one attached hydrogen (secondary N) is 1. The molecule has 3 aliphatic heterocycles. The molecule has 1 unspecified atom stereocenters. The Morgan fingerprint density at radius 3 is 2.56 bits per heavy atom. The molecule has 5 rings (SSSR count). The van der Waals surface area contributed by atoms with Crippen molar-refractivity contribution in [1.29, 1.82) is 0 Å². The van der Waals surface area contributed by atoms with Gasteiger partial charge in [-0.25, -0.2) is 4.98 Å². The van der Waals surface area contributed by atoms with E-state index in [1.54, 1.807) is 42.5 Å². The normalized spacial score (nSPS) is 24.8. The van der Waals surface area contributed by atoms with Crippen molar-refractivity contribution in [2.75, 3.05) is 19.6 Å². The van der Waals surface area contributed by atoms with Crippen LogP contribution in [-0.2, 0) is 0 Å². The zero-order chi connectivity index (χ0) is 17.2. The monoisotopic (exact) mass is 357 g/mol. The fourth-order valence-corrected chi connectivity index (χ4v) is 3.78. The van der Waals surface area contributed by atoms with Crippen LogP contribution in [0.15, 0.2) is 42.5 Å². The second-order valence-electron chi connectivity index (χ2n) is 6.64. The van der Waals surface area contributed by atoms with E-state index < -0.39 is 0 Å². The van der Waals surface area contributed by atoms with Crippen LogP contribution in [0.1, 0.15) is 23.2 Å². The second-order valence-corrected chi connectivity index (χ2v) is 7.03. The van der Waals surface area contributed by atoms with Gasteiger partial charge in [0.2, 0.25) is 5.88 Å². The second kappa shape index (κ2) is 7.02. The summed E-state index contributed by atoms with van der Waals surface area (Å²) in [6.45, 7) is 3.30. The van der Waals surface area contributed by atoms with Crippen molar-refractivity contribution in [1.82, 2.24) is 15.2 Å². The van der Waals surface area contributed by atoms with Gasteiger partial charge >= 0.3 is 0 Å². The number of halogens is 1. The number of nitrogens with zero attached hydrogens (tertiary/aromatic N) is 2. The van der Waals surface area contributed by atoms with Crippen molar-refractivity contribution in [3.8, 4) is 11.6 Å². The van der Waals surface area contributed by atoms with Gasteiger partial charge in [-0.2, -0.15) is 0 Å². The van der Waals surface area contributed by atoms with Crippen molar-refractivity contribution in [2.24, 2.45) is 5.92 Å². The largest absolute Gasteiger partial charge is 0.439 e. The van der Waals surface area contributed by atoms with Crippen LogP contribution in [0, 0.1) is 5.92 Å². The standard InChI is InChI=1S/C19H20ClN3O2/c20-17-2-1-3-18(22-17)25-15-6-4-14(5-7-15)19(24)21-16-12-23-10-8-13(16)9-11-23/h1-7,13,16H,8-12H2,(H,21,24). The zero-order valence-electron chi connectivity index (χ0n) is 13.8. The van der Waals surface area contributed by atoms with E-state index in [4.69, 9.17) is 16.3 Å². The predicted molar refractivity (Wildman–Crippen MR) is 96.2 cm³/mol. The molecule has 5 nitrogen and oxygen atoms in total.